The molecule has 0 spiro atoms. The van der Waals surface area contributed by atoms with Gasteiger partial charge in [0, 0.05) is 24.7 Å². The molecule has 20 heavy (non-hydrogen) atoms. The fraction of sp³-hybridized carbons (Fsp3) is 0.438. The molecule has 0 aliphatic heterocycles. The van der Waals surface area contributed by atoms with Crippen LogP contribution in [0, 0.1) is 0 Å². The molecule has 0 N–H and O–H groups in total. The molecule has 0 atom stereocenters. The lowest BCUT2D eigenvalue weighted by molar-refractivity contribution is -0.107. The number of carbonyl (C=O) groups is 2. The lowest BCUT2D eigenvalue weighted by Crippen LogP contribution is -1.99. The van der Waals surface area contributed by atoms with Crippen molar-refractivity contribution in [1.29, 1.82) is 0 Å². The largest absolute Gasteiger partial charge is 0.488 e. The van der Waals surface area contributed by atoms with E-state index in [1.54, 1.807) is 30.5 Å². The molecule has 0 heterocycles. The van der Waals surface area contributed by atoms with Crippen LogP contribution in [0.1, 0.15) is 42.5 Å². The number of aliphatic imine (C=N–C) groups is 1. The van der Waals surface area contributed by atoms with Crippen LogP contribution in [0.25, 0.3) is 0 Å². The molecule has 0 aliphatic rings. The number of hydrogen-bond donors (Lipinski definition) is 0. The third-order valence-electron chi connectivity index (χ3n) is 2.83. The predicted molar refractivity (Wildman–Crippen MR) is 79.8 cm³/mol. The second-order valence-corrected chi connectivity index (χ2v) is 4.46. The van der Waals surface area contributed by atoms with E-state index in [4.69, 9.17) is 4.74 Å². The summed E-state index contributed by atoms with van der Waals surface area (Å²) in [6.07, 6.45) is 8.43. The fourth-order valence-corrected chi connectivity index (χ4v) is 1.70. The summed E-state index contributed by atoms with van der Waals surface area (Å²) in [5.74, 6) is 0.732. The summed E-state index contributed by atoms with van der Waals surface area (Å²) in [4.78, 5) is 24.9. The maximum absolute atomic E-state index is 10.5. The molecular weight excluding hydrogens is 254 g/mol. The van der Waals surface area contributed by atoms with Crippen molar-refractivity contribution >= 4 is 18.8 Å². The number of carbonyl (C=O) groups excluding carboxylic acids is 2. The summed E-state index contributed by atoms with van der Waals surface area (Å²) in [6, 6.07) is 6.98. The molecule has 1 rings (SSSR count). The minimum atomic E-state index is 0.436. The van der Waals surface area contributed by atoms with Crippen molar-refractivity contribution in [3.05, 3.63) is 29.8 Å². The normalized spacial score (nSPS) is 10.6. The number of rotatable bonds is 11. The second-order valence-electron chi connectivity index (χ2n) is 4.46. The van der Waals surface area contributed by atoms with E-state index in [2.05, 4.69) is 4.99 Å². The monoisotopic (exact) mass is 275 g/mol. The van der Waals surface area contributed by atoms with Gasteiger partial charge in [-0.05, 0) is 37.1 Å². The Morgan fingerprint density at radius 3 is 2.45 bits per heavy atom. The van der Waals surface area contributed by atoms with Crippen LogP contribution in [-0.2, 0) is 4.79 Å². The zero-order chi connectivity index (χ0) is 14.5. The number of aldehydes is 2. The molecular formula is C16H21NO3. The third kappa shape index (κ3) is 7.46. The highest BCUT2D eigenvalue weighted by Crippen LogP contribution is 2.10. The number of nitrogens with zero attached hydrogens (tertiary/aromatic N) is 1. The van der Waals surface area contributed by atoms with Crippen molar-refractivity contribution in [1.82, 2.24) is 0 Å². The van der Waals surface area contributed by atoms with Gasteiger partial charge in [-0.3, -0.25) is 9.79 Å². The Hall–Kier alpha value is -1.97. The van der Waals surface area contributed by atoms with Gasteiger partial charge in [0.25, 0.3) is 0 Å². The maximum Gasteiger partial charge on any atom is 0.150 e. The van der Waals surface area contributed by atoms with Crippen LogP contribution in [0.15, 0.2) is 29.3 Å². The molecule has 0 bridgehead atoms. The molecule has 0 aliphatic carbocycles. The quantitative estimate of drug-likeness (QED) is 0.354. The van der Waals surface area contributed by atoms with Crippen molar-refractivity contribution in [2.24, 2.45) is 4.99 Å². The summed E-state index contributed by atoms with van der Waals surface area (Å²) in [5, 5.41) is 0. The van der Waals surface area contributed by atoms with Crippen LogP contribution in [0.5, 0.6) is 5.75 Å². The van der Waals surface area contributed by atoms with Crippen molar-refractivity contribution in [2.45, 2.75) is 32.1 Å². The van der Waals surface area contributed by atoms with E-state index in [9.17, 15) is 9.59 Å². The van der Waals surface area contributed by atoms with Crippen LogP contribution in [0.4, 0.5) is 0 Å². The molecule has 0 radical (unpaired) electrons. The molecule has 0 aromatic heterocycles. The van der Waals surface area contributed by atoms with Crippen LogP contribution in [-0.4, -0.2) is 31.9 Å². The van der Waals surface area contributed by atoms with Crippen LogP contribution >= 0.6 is 0 Å². The van der Waals surface area contributed by atoms with Gasteiger partial charge in [0.05, 0.1) is 0 Å². The van der Waals surface area contributed by atoms with Crippen molar-refractivity contribution in [3.8, 4) is 5.75 Å². The number of ether oxygens (including phenoxy) is 1. The maximum atomic E-state index is 10.5. The van der Waals surface area contributed by atoms with E-state index in [-0.39, 0.29) is 0 Å². The smallest absolute Gasteiger partial charge is 0.150 e. The highest BCUT2D eigenvalue weighted by molar-refractivity contribution is 5.74. The molecule has 1 aromatic rings. The summed E-state index contributed by atoms with van der Waals surface area (Å²) >= 11 is 0. The number of unbranched alkanes of at least 4 members (excludes halogenated alkanes) is 4. The van der Waals surface area contributed by atoms with Crippen molar-refractivity contribution in [3.63, 3.8) is 0 Å². The summed E-state index contributed by atoms with van der Waals surface area (Å²) < 4.78 is 5.46. The zero-order valence-corrected chi connectivity index (χ0v) is 11.7. The minimum Gasteiger partial charge on any atom is -0.488 e. The standard InChI is InChI=1S/C16H21NO3/c18-12-5-3-1-2-4-10-17-11-13-20-16-8-6-15(14-19)7-9-16/h6-9,11-12,14H,1-5,10,13H2. The van der Waals surface area contributed by atoms with Crippen LogP contribution < -0.4 is 4.74 Å². The average Bonchev–Trinajstić information content (AvgIpc) is 2.50. The molecule has 0 unspecified atom stereocenters. The van der Waals surface area contributed by atoms with Crippen LogP contribution in [0.2, 0.25) is 0 Å². The molecule has 0 fully saturated rings. The summed E-state index contributed by atoms with van der Waals surface area (Å²) in [6.45, 7) is 1.24. The van der Waals surface area contributed by atoms with Crippen molar-refractivity contribution < 1.29 is 14.3 Å². The van der Waals surface area contributed by atoms with E-state index in [0.717, 1.165) is 50.5 Å². The van der Waals surface area contributed by atoms with Gasteiger partial charge < -0.3 is 9.53 Å². The number of benzene rings is 1. The second kappa shape index (κ2) is 10.9. The first-order chi connectivity index (χ1) is 9.86. The van der Waals surface area contributed by atoms with E-state index in [1.165, 1.54) is 0 Å². The van der Waals surface area contributed by atoms with E-state index >= 15 is 0 Å². The lowest BCUT2D eigenvalue weighted by Gasteiger charge is -2.02. The lowest BCUT2D eigenvalue weighted by atomic mass is 10.1. The Morgan fingerprint density at radius 2 is 1.75 bits per heavy atom. The Labute approximate surface area is 119 Å². The van der Waals surface area contributed by atoms with Gasteiger partial charge in [0.2, 0.25) is 0 Å². The molecule has 0 saturated heterocycles. The van der Waals surface area contributed by atoms with Crippen molar-refractivity contribution in [2.75, 3.05) is 13.2 Å². The topological polar surface area (TPSA) is 55.7 Å². The molecule has 4 heteroatoms. The summed E-state index contributed by atoms with van der Waals surface area (Å²) in [5.41, 5.74) is 0.639. The molecule has 1 aromatic carbocycles. The Bertz CT molecular complexity index is 412. The Kier molecular flexibility index (Phi) is 8.77. The first kappa shape index (κ1) is 16.1. The van der Waals surface area contributed by atoms with Gasteiger partial charge in [-0.1, -0.05) is 12.8 Å². The zero-order valence-electron chi connectivity index (χ0n) is 11.7. The highest BCUT2D eigenvalue weighted by Gasteiger charge is 1.93. The van der Waals surface area contributed by atoms with Gasteiger partial charge in [-0.2, -0.15) is 0 Å². The Morgan fingerprint density at radius 1 is 1.00 bits per heavy atom. The van der Waals surface area contributed by atoms with E-state index in [0.29, 0.717) is 18.6 Å². The summed E-state index contributed by atoms with van der Waals surface area (Å²) in [7, 11) is 0. The highest BCUT2D eigenvalue weighted by atomic mass is 16.5. The average molecular weight is 275 g/mol. The third-order valence-corrected chi connectivity index (χ3v) is 2.83. The van der Waals surface area contributed by atoms with E-state index in [1.807, 2.05) is 0 Å². The first-order valence-corrected chi connectivity index (χ1v) is 6.97. The van der Waals surface area contributed by atoms with E-state index < -0.39 is 0 Å². The Balaban J connectivity index is 2.03. The number of hydrogen-bond acceptors (Lipinski definition) is 4. The first-order valence-electron chi connectivity index (χ1n) is 6.97. The van der Waals surface area contributed by atoms with Gasteiger partial charge in [0.1, 0.15) is 24.9 Å². The van der Waals surface area contributed by atoms with Crippen LogP contribution in [0.3, 0.4) is 0 Å². The molecule has 4 nitrogen and oxygen atoms in total. The SMILES string of the molecule is O=CCCCCCCN=CCOc1ccc(C=O)cc1. The molecule has 108 valence electrons. The molecule has 0 saturated carbocycles. The minimum absolute atomic E-state index is 0.436. The van der Waals surface area contributed by atoms with Gasteiger partial charge in [0.15, 0.2) is 0 Å². The fourth-order valence-electron chi connectivity index (χ4n) is 1.70. The predicted octanol–water partition coefficient (Wildman–Crippen LogP) is 3.10. The van der Waals surface area contributed by atoms with Gasteiger partial charge >= 0.3 is 0 Å². The van der Waals surface area contributed by atoms with Gasteiger partial charge in [-0.15, -0.1) is 0 Å². The molecule has 0 amide bonds. The van der Waals surface area contributed by atoms with Gasteiger partial charge in [-0.25, -0.2) is 0 Å².